The summed E-state index contributed by atoms with van der Waals surface area (Å²) < 4.78 is 0. The maximum Gasteiger partial charge on any atom is 0.128 e. The number of hydrogen-bond acceptors (Lipinski definition) is 4. The number of pyridine rings is 1. The molecular weight excluding hydrogens is 242 g/mol. The van der Waals surface area contributed by atoms with Crippen LogP contribution < -0.4 is 11.1 Å². The molecule has 0 amide bonds. The normalized spacial score (nSPS) is 12.6. The molecule has 0 fully saturated rings. The van der Waals surface area contributed by atoms with Crippen molar-refractivity contribution in [3.63, 3.8) is 0 Å². The number of aromatic nitrogens is 1. The summed E-state index contributed by atoms with van der Waals surface area (Å²) in [4.78, 5) is 5.50. The highest BCUT2D eigenvalue weighted by Gasteiger charge is 2.19. The average Bonchev–Trinajstić information content (AvgIpc) is 2.86. The van der Waals surface area contributed by atoms with E-state index in [-0.39, 0.29) is 6.04 Å². The summed E-state index contributed by atoms with van der Waals surface area (Å²) in [6.07, 6.45) is 2.86. The third-order valence-corrected chi connectivity index (χ3v) is 3.89. The van der Waals surface area contributed by atoms with Crippen molar-refractivity contribution in [2.45, 2.75) is 26.3 Å². The fraction of sp³-hybridized carbons (Fsp3) is 0.357. The molecule has 18 heavy (non-hydrogen) atoms. The Balaban J connectivity index is 2.40. The van der Waals surface area contributed by atoms with Crippen LogP contribution in [0, 0.1) is 6.92 Å². The second-order valence-corrected chi connectivity index (χ2v) is 5.31. The molecule has 2 heterocycles. The van der Waals surface area contributed by atoms with Crippen LogP contribution in [0.5, 0.6) is 0 Å². The predicted octanol–water partition coefficient (Wildman–Crippen LogP) is 3.12. The number of hydrogen-bond donors (Lipinski definition) is 2. The molecule has 2 rings (SSSR count). The zero-order chi connectivity index (χ0) is 13.0. The van der Waals surface area contributed by atoms with Gasteiger partial charge in [0.2, 0.25) is 0 Å². The first-order valence-electron chi connectivity index (χ1n) is 6.21. The van der Waals surface area contributed by atoms with Crippen LogP contribution in [0.3, 0.4) is 0 Å². The minimum absolute atomic E-state index is 0.152. The summed E-state index contributed by atoms with van der Waals surface area (Å²) >= 11 is 1.75. The van der Waals surface area contributed by atoms with E-state index >= 15 is 0 Å². The maximum absolute atomic E-state index is 6.05. The number of nitrogens with one attached hydrogen (secondary N) is 1. The molecule has 2 aromatic heterocycles. The van der Waals surface area contributed by atoms with Crippen LogP contribution in [-0.4, -0.2) is 11.5 Å². The molecule has 0 bridgehead atoms. The molecule has 0 spiro atoms. The zero-order valence-corrected chi connectivity index (χ0v) is 11.6. The lowest BCUT2D eigenvalue weighted by Crippen LogP contribution is -2.24. The molecule has 0 aliphatic carbocycles. The molecule has 0 aromatic carbocycles. The van der Waals surface area contributed by atoms with E-state index in [9.17, 15) is 0 Å². The first-order chi connectivity index (χ1) is 8.74. The smallest absolute Gasteiger partial charge is 0.128 e. The van der Waals surface area contributed by atoms with Crippen molar-refractivity contribution in [1.82, 2.24) is 10.3 Å². The van der Waals surface area contributed by atoms with Gasteiger partial charge in [-0.15, -0.1) is 11.3 Å². The lowest BCUT2D eigenvalue weighted by molar-refractivity contribution is 0.603. The Bertz CT molecular complexity index is 473. The molecule has 96 valence electrons. The van der Waals surface area contributed by atoms with Crippen molar-refractivity contribution in [3.05, 3.63) is 45.8 Å². The highest BCUT2D eigenvalue weighted by atomic mass is 32.1. The van der Waals surface area contributed by atoms with Crippen molar-refractivity contribution >= 4 is 17.2 Å². The van der Waals surface area contributed by atoms with Gasteiger partial charge in [0, 0.05) is 16.6 Å². The topological polar surface area (TPSA) is 50.9 Å². The van der Waals surface area contributed by atoms with Crippen LogP contribution in [0.4, 0.5) is 5.82 Å². The number of nitrogens with zero attached hydrogens (tertiary/aromatic N) is 1. The lowest BCUT2D eigenvalue weighted by Gasteiger charge is -2.20. The van der Waals surface area contributed by atoms with Crippen LogP contribution in [0.15, 0.2) is 29.8 Å². The minimum atomic E-state index is 0.152. The number of nitrogen functional groups attached to an aromatic ring is 1. The van der Waals surface area contributed by atoms with Gasteiger partial charge in [-0.1, -0.05) is 13.0 Å². The Morgan fingerprint density at radius 1 is 1.44 bits per heavy atom. The van der Waals surface area contributed by atoms with Gasteiger partial charge in [-0.25, -0.2) is 4.98 Å². The molecule has 1 unspecified atom stereocenters. The minimum Gasteiger partial charge on any atom is -0.383 e. The summed E-state index contributed by atoms with van der Waals surface area (Å²) in [6.45, 7) is 5.22. The average molecular weight is 261 g/mol. The number of rotatable bonds is 5. The van der Waals surface area contributed by atoms with E-state index in [4.69, 9.17) is 5.73 Å². The van der Waals surface area contributed by atoms with Crippen molar-refractivity contribution in [1.29, 1.82) is 0 Å². The highest BCUT2D eigenvalue weighted by molar-refractivity contribution is 7.10. The quantitative estimate of drug-likeness (QED) is 0.869. The second-order valence-electron chi connectivity index (χ2n) is 4.33. The van der Waals surface area contributed by atoms with Crippen molar-refractivity contribution in [3.8, 4) is 0 Å². The van der Waals surface area contributed by atoms with Gasteiger partial charge in [-0.2, -0.15) is 0 Å². The maximum atomic E-state index is 6.05. The van der Waals surface area contributed by atoms with E-state index in [0.717, 1.165) is 18.5 Å². The van der Waals surface area contributed by atoms with Crippen molar-refractivity contribution in [2.75, 3.05) is 12.3 Å². The largest absolute Gasteiger partial charge is 0.383 e. The summed E-state index contributed by atoms with van der Waals surface area (Å²) in [6, 6.07) is 6.38. The molecule has 1 atom stereocenters. The second kappa shape index (κ2) is 5.98. The van der Waals surface area contributed by atoms with Crippen LogP contribution in [0.2, 0.25) is 0 Å². The van der Waals surface area contributed by atoms with E-state index in [2.05, 4.69) is 41.7 Å². The van der Waals surface area contributed by atoms with E-state index in [1.807, 2.05) is 6.07 Å². The summed E-state index contributed by atoms with van der Waals surface area (Å²) in [7, 11) is 0. The molecule has 0 saturated heterocycles. The Labute approximate surface area is 112 Å². The molecule has 0 aliphatic rings. The van der Waals surface area contributed by atoms with Gasteiger partial charge in [-0.05, 0) is 43.0 Å². The monoisotopic (exact) mass is 261 g/mol. The third kappa shape index (κ3) is 2.71. The van der Waals surface area contributed by atoms with Gasteiger partial charge in [0.05, 0.1) is 6.04 Å². The van der Waals surface area contributed by atoms with E-state index in [1.165, 1.54) is 10.4 Å². The van der Waals surface area contributed by atoms with Gasteiger partial charge < -0.3 is 11.1 Å². The Kier molecular flexibility index (Phi) is 4.33. The Hall–Kier alpha value is -1.39. The number of thiophene rings is 1. The van der Waals surface area contributed by atoms with Crippen LogP contribution >= 0.6 is 11.3 Å². The first kappa shape index (κ1) is 13.1. The molecule has 0 radical (unpaired) electrons. The molecule has 3 N–H and O–H groups in total. The third-order valence-electron chi connectivity index (χ3n) is 2.95. The fourth-order valence-corrected chi connectivity index (χ4v) is 2.86. The highest BCUT2D eigenvalue weighted by Crippen LogP contribution is 2.30. The lowest BCUT2D eigenvalue weighted by atomic mass is 10.0. The predicted molar refractivity (Wildman–Crippen MR) is 77.8 cm³/mol. The Morgan fingerprint density at radius 2 is 2.28 bits per heavy atom. The van der Waals surface area contributed by atoms with E-state index in [1.54, 1.807) is 17.5 Å². The molecule has 3 nitrogen and oxygen atoms in total. The van der Waals surface area contributed by atoms with Crippen molar-refractivity contribution < 1.29 is 0 Å². The molecule has 2 aromatic rings. The van der Waals surface area contributed by atoms with E-state index < -0.39 is 0 Å². The van der Waals surface area contributed by atoms with Gasteiger partial charge in [0.15, 0.2) is 0 Å². The van der Waals surface area contributed by atoms with Crippen LogP contribution in [0.25, 0.3) is 0 Å². The molecule has 0 saturated carbocycles. The molecular formula is C14H19N3S. The fourth-order valence-electron chi connectivity index (χ4n) is 2.06. The molecule has 0 aliphatic heterocycles. The SMILES string of the molecule is CCCNC(c1cccs1)c1c(C)ccnc1N. The van der Waals surface area contributed by atoms with Gasteiger partial charge >= 0.3 is 0 Å². The zero-order valence-electron chi connectivity index (χ0n) is 10.8. The van der Waals surface area contributed by atoms with Crippen molar-refractivity contribution in [2.24, 2.45) is 0 Å². The van der Waals surface area contributed by atoms with Crippen LogP contribution in [0.1, 0.15) is 35.4 Å². The summed E-state index contributed by atoms with van der Waals surface area (Å²) in [5, 5.41) is 5.66. The van der Waals surface area contributed by atoms with Gasteiger partial charge in [0.25, 0.3) is 0 Å². The Morgan fingerprint density at radius 3 is 2.89 bits per heavy atom. The standard InChI is InChI=1S/C14H19N3S/c1-3-7-16-13(11-5-4-9-18-11)12-10(2)6-8-17-14(12)15/h4-6,8-9,13,16H,3,7H2,1-2H3,(H2,15,17). The van der Waals surface area contributed by atoms with Gasteiger partial charge in [-0.3, -0.25) is 0 Å². The summed E-state index contributed by atoms with van der Waals surface area (Å²) in [5.41, 5.74) is 8.34. The number of aryl methyl sites for hydroxylation is 1. The number of anilines is 1. The first-order valence-corrected chi connectivity index (χ1v) is 7.09. The van der Waals surface area contributed by atoms with Gasteiger partial charge in [0.1, 0.15) is 5.82 Å². The summed E-state index contributed by atoms with van der Waals surface area (Å²) in [5.74, 6) is 0.622. The van der Waals surface area contributed by atoms with Crippen LogP contribution in [-0.2, 0) is 0 Å². The molecule has 4 heteroatoms. The van der Waals surface area contributed by atoms with E-state index in [0.29, 0.717) is 5.82 Å². The number of nitrogens with two attached hydrogens (primary N) is 1.